The maximum absolute atomic E-state index is 8.39. The molecule has 5 heteroatoms. The first-order valence-corrected chi connectivity index (χ1v) is 7.00. The smallest absolute Gasteiger partial charge is 0.241 e. The molecule has 1 N–H and O–H groups in total. The van der Waals surface area contributed by atoms with Crippen LogP contribution in [0.15, 0.2) is 36.4 Å². The summed E-state index contributed by atoms with van der Waals surface area (Å²) in [5.41, 5.74) is -2.62. The fourth-order valence-electron chi connectivity index (χ4n) is 0.385. The summed E-state index contributed by atoms with van der Waals surface area (Å²) in [6.07, 6.45) is 0. The molecule has 0 spiro atoms. The first kappa shape index (κ1) is 12.1. The lowest BCUT2D eigenvalue weighted by atomic mass is 10.4. The summed E-state index contributed by atoms with van der Waals surface area (Å²) in [5, 5.41) is 0. The number of benzene rings is 1. The van der Waals surface area contributed by atoms with Crippen LogP contribution in [0.4, 0.5) is 0 Å². The Morgan fingerprint density at radius 1 is 1.17 bits per heavy atom. The van der Waals surface area contributed by atoms with Crippen LogP contribution in [-0.2, 0) is 16.3 Å². The van der Waals surface area contributed by atoms with Crippen molar-refractivity contribution < 1.29 is 9.42 Å². The summed E-state index contributed by atoms with van der Waals surface area (Å²) >= 11 is 7.81. The van der Waals surface area contributed by atoms with Gasteiger partial charge in [0.05, 0.1) is 0 Å². The van der Waals surface area contributed by atoms with E-state index in [4.69, 9.17) is 4.89 Å². The second kappa shape index (κ2) is 6.63. The van der Waals surface area contributed by atoms with Crippen LogP contribution < -0.4 is 0 Å². The lowest BCUT2D eigenvalue weighted by Gasteiger charge is -1.99. The maximum atomic E-state index is 8.39. The van der Waals surface area contributed by atoms with Gasteiger partial charge in [-0.3, -0.25) is 0 Å². The summed E-state index contributed by atoms with van der Waals surface area (Å²) in [6, 6.07) is 12.0. The van der Waals surface area contributed by atoms with Gasteiger partial charge in [-0.05, 0) is 11.8 Å². The van der Waals surface area contributed by atoms with E-state index in [2.05, 4.69) is 28.6 Å². The summed E-state index contributed by atoms with van der Waals surface area (Å²) in [6.45, 7) is 0. The molecule has 0 aliphatic rings. The SMILES string of the molecule is COP(O)(=S)S.c1ccccc1. The second-order valence-electron chi connectivity index (χ2n) is 1.83. The molecule has 2 nitrogen and oxygen atoms in total. The Kier molecular flexibility index (Phi) is 6.71. The average Bonchev–Trinajstić information content (AvgIpc) is 2.07. The van der Waals surface area contributed by atoms with Crippen molar-refractivity contribution in [2.24, 2.45) is 0 Å². The quantitative estimate of drug-likeness (QED) is 0.565. The van der Waals surface area contributed by atoms with E-state index in [0.29, 0.717) is 0 Å². The summed E-state index contributed by atoms with van der Waals surface area (Å²) in [4.78, 5) is 8.39. The molecule has 1 unspecified atom stereocenters. The molecule has 1 atom stereocenters. The molecule has 0 aliphatic heterocycles. The molecule has 12 heavy (non-hydrogen) atoms. The minimum absolute atomic E-state index is 1.33. The molecule has 1 aromatic rings. The van der Waals surface area contributed by atoms with Crippen molar-refractivity contribution in [3.63, 3.8) is 0 Å². The zero-order valence-corrected chi connectivity index (χ0v) is 9.23. The minimum Gasteiger partial charge on any atom is -0.338 e. The molecule has 0 saturated carbocycles. The van der Waals surface area contributed by atoms with E-state index in [1.165, 1.54) is 7.11 Å². The van der Waals surface area contributed by atoms with Crippen molar-refractivity contribution in [2.45, 2.75) is 0 Å². The van der Waals surface area contributed by atoms with Gasteiger partial charge in [0.15, 0.2) is 0 Å². The van der Waals surface area contributed by atoms with Gasteiger partial charge in [0.1, 0.15) is 0 Å². The molecule has 1 rings (SSSR count). The van der Waals surface area contributed by atoms with E-state index in [-0.39, 0.29) is 0 Å². The molecule has 0 bridgehead atoms. The normalized spacial score (nSPS) is 13.9. The second-order valence-corrected chi connectivity index (χ2v) is 7.10. The highest BCUT2D eigenvalue weighted by Crippen LogP contribution is 2.45. The van der Waals surface area contributed by atoms with Crippen molar-refractivity contribution >= 4 is 29.7 Å². The molecule has 68 valence electrons. The first-order chi connectivity index (χ1) is 5.56. The Labute approximate surface area is 82.9 Å². The maximum Gasteiger partial charge on any atom is 0.241 e. The Hall–Kier alpha value is 0.140. The van der Waals surface area contributed by atoms with Crippen LogP contribution in [0.25, 0.3) is 0 Å². The Morgan fingerprint density at radius 2 is 1.33 bits per heavy atom. The highest BCUT2D eigenvalue weighted by Gasteiger charge is 1.97. The van der Waals surface area contributed by atoms with Crippen LogP contribution >= 0.6 is 17.9 Å². The van der Waals surface area contributed by atoms with E-state index < -0.39 is 5.69 Å². The van der Waals surface area contributed by atoms with Crippen molar-refractivity contribution in [1.29, 1.82) is 0 Å². The molecule has 0 aliphatic carbocycles. The molecular weight excluding hydrogens is 211 g/mol. The van der Waals surface area contributed by atoms with E-state index >= 15 is 0 Å². The predicted molar refractivity (Wildman–Crippen MR) is 58.9 cm³/mol. The molecule has 1 aromatic carbocycles. The van der Waals surface area contributed by atoms with Gasteiger partial charge in [0.25, 0.3) is 0 Å². The van der Waals surface area contributed by atoms with Gasteiger partial charge in [0, 0.05) is 7.11 Å². The van der Waals surface area contributed by atoms with Crippen molar-refractivity contribution in [3.05, 3.63) is 36.4 Å². The number of thiol groups is 1. The number of rotatable bonds is 1. The third-order valence-electron chi connectivity index (χ3n) is 0.905. The first-order valence-electron chi connectivity index (χ1n) is 3.17. The zero-order valence-electron chi connectivity index (χ0n) is 6.62. The Bertz CT molecular complexity index is 208. The van der Waals surface area contributed by atoms with E-state index in [1.807, 2.05) is 36.4 Å². The van der Waals surface area contributed by atoms with Crippen LogP contribution in [0.3, 0.4) is 0 Å². The molecule has 0 radical (unpaired) electrons. The third kappa shape index (κ3) is 10.1. The van der Waals surface area contributed by atoms with Crippen molar-refractivity contribution in [1.82, 2.24) is 0 Å². The summed E-state index contributed by atoms with van der Waals surface area (Å²) < 4.78 is 4.28. The Balaban J connectivity index is 0.000000202. The standard InChI is InChI=1S/C6H6.CH5O2PS2/c1-2-4-6-5-3-1;1-3-4(2,5)6/h1-6H;1H3,(H2,2,5,6). The molecule has 0 saturated heterocycles. The van der Waals surface area contributed by atoms with Crippen LogP contribution in [0.5, 0.6) is 0 Å². The fraction of sp³-hybridized carbons (Fsp3) is 0.143. The van der Waals surface area contributed by atoms with Crippen LogP contribution in [0.2, 0.25) is 0 Å². The minimum atomic E-state index is -2.62. The third-order valence-corrected chi connectivity index (χ3v) is 2.32. The van der Waals surface area contributed by atoms with Gasteiger partial charge in [-0.25, -0.2) is 0 Å². The summed E-state index contributed by atoms with van der Waals surface area (Å²) in [7, 11) is 1.33. The van der Waals surface area contributed by atoms with Gasteiger partial charge in [-0.2, -0.15) is 0 Å². The van der Waals surface area contributed by atoms with Crippen molar-refractivity contribution in [2.75, 3.05) is 7.11 Å². The fourth-order valence-corrected chi connectivity index (χ4v) is 0.385. The molecule has 0 heterocycles. The van der Waals surface area contributed by atoms with E-state index in [1.54, 1.807) is 0 Å². The zero-order chi connectivity index (χ0) is 9.45. The lowest BCUT2D eigenvalue weighted by Crippen LogP contribution is -1.67. The topological polar surface area (TPSA) is 29.5 Å². The average molecular weight is 222 g/mol. The number of hydrogen-bond acceptors (Lipinski definition) is 2. The number of hydrogen-bond donors (Lipinski definition) is 2. The van der Waals surface area contributed by atoms with Crippen molar-refractivity contribution in [3.8, 4) is 0 Å². The highest BCUT2D eigenvalue weighted by molar-refractivity contribution is 8.59. The van der Waals surface area contributed by atoms with Crippen LogP contribution in [-0.4, -0.2) is 12.0 Å². The highest BCUT2D eigenvalue weighted by atomic mass is 32.9. The molecule has 0 fully saturated rings. The van der Waals surface area contributed by atoms with E-state index in [9.17, 15) is 0 Å². The molecular formula is C7H11O2PS2. The predicted octanol–water partition coefficient (Wildman–Crippen LogP) is 2.47. The van der Waals surface area contributed by atoms with Gasteiger partial charge in [0.2, 0.25) is 5.69 Å². The van der Waals surface area contributed by atoms with Gasteiger partial charge in [-0.15, -0.1) is 0 Å². The Morgan fingerprint density at radius 3 is 1.42 bits per heavy atom. The largest absolute Gasteiger partial charge is 0.338 e. The van der Waals surface area contributed by atoms with Crippen LogP contribution in [0.1, 0.15) is 0 Å². The van der Waals surface area contributed by atoms with Crippen LogP contribution in [0, 0.1) is 0 Å². The lowest BCUT2D eigenvalue weighted by molar-refractivity contribution is 0.405. The van der Waals surface area contributed by atoms with E-state index in [0.717, 1.165) is 0 Å². The summed E-state index contributed by atoms with van der Waals surface area (Å²) in [5.74, 6) is 0. The molecule has 0 aromatic heterocycles. The van der Waals surface area contributed by atoms with Gasteiger partial charge < -0.3 is 9.42 Å². The molecule has 0 amide bonds. The van der Waals surface area contributed by atoms with Gasteiger partial charge in [-0.1, -0.05) is 48.6 Å². The monoisotopic (exact) mass is 222 g/mol. The van der Waals surface area contributed by atoms with Gasteiger partial charge >= 0.3 is 0 Å².